The van der Waals surface area contributed by atoms with Crippen molar-refractivity contribution < 1.29 is 33.8 Å². The van der Waals surface area contributed by atoms with E-state index in [-0.39, 0.29) is 31.0 Å². The molecule has 0 saturated heterocycles. The van der Waals surface area contributed by atoms with Crippen LogP contribution in [-0.2, 0) is 9.59 Å². The fraction of sp³-hybridized carbons (Fsp3) is 0.778. The molecule has 35 heavy (non-hydrogen) atoms. The lowest BCUT2D eigenvalue weighted by molar-refractivity contribution is -0.204. The Morgan fingerprint density at radius 2 is 1.86 bits per heavy atom. The molecule has 0 aromatic rings. The molecule has 3 N–H and O–H groups in total. The van der Waals surface area contributed by atoms with E-state index in [1.807, 2.05) is 0 Å². The largest absolute Gasteiger partial charge is 0.481 e. The predicted molar refractivity (Wildman–Crippen MR) is 124 cm³/mol. The van der Waals surface area contributed by atoms with Crippen molar-refractivity contribution in [3.8, 4) is 0 Å². The van der Waals surface area contributed by atoms with Gasteiger partial charge in [-0.1, -0.05) is 32.3 Å². The van der Waals surface area contributed by atoms with E-state index in [0.717, 1.165) is 38.2 Å². The molecular formula is C27H37F2NO5. The number of nitrogens with zero attached hydrogens (tertiary/aromatic N) is 1. The van der Waals surface area contributed by atoms with E-state index in [4.69, 9.17) is 0 Å². The summed E-state index contributed by atoms with van der Waals surface area (Å²) >= 11 is 0. The SMILES string of the molecule is C[C@]12C[C@H](O)[C@@]3(F)[C@@H](C[C@H](F)C4=CC(=O)C=C[C@@]43C)C1C[C@@H](CN(O)C1CCCCC1)[C@@H]2C(=O)O. The van der Waals surface area contributed by atoms with E-state index in [2.05, 4.69) is 0 Å². The van der Waals surface area contributed by atoms with Gasteiger partial charge in [0.2, 0.25) is 0 Å². The average molecular weight is 494 g/mol. The standard InChI is InChI=1S/C27H37F2NO5/c1-25-13-22(32)27(29)19(12-21(28)20-11-17(31)8-9-26(20,27)2)18(25)10-15(23(25)24(33)34)14-30(35)16-6-4-3-5-7-16/h8-9,11,15-16,18-19,21-23,32,35H,3-7,10,12-14H2,1-2H3,(H,33,34)/t15-,18?,19-,21-,22-,23+,25-,26-,27-/m0/s1. The number of aliphatic hydroxyl groups excluding tert-OH is 1. The summed E-state index contributed by atoms with van der Waals surface area (Å²) in [5.74, 6) is -4.09. The zero-order valence-corrected chi connectivity index (χ0v) is 20.5. The van der Waals surface area contributed by atoms with Crippen molar-refractivity contribution in [2.45, 2.75) is 89.2 Å². The van der Waals surface area contributed by atoms with Crippen LogP contribution >= 0.6 is 0 Å². The van der Waals surface area contributed by atoms with Crippen LogP contribution in [-0.4, -0.2) is 62.8 Å². The van der Waals surface area contributed by atoms with Crippen LogP contribution in [0, 0.1) is 34.5 Å². The number of fused-ring (bicyclic) bond motifs is 5. The second-order valence-corrected chi connectivity index (χ2v) is 12.2. The molecule has 9 atom stereocenters. The number of hydrogen-bond acceptors (Lipinski definition) is 5. The molecule has 8 heteroatoms. The number of aliphatic carboxylic acids is 1. The van der Waals surface area contributed by atoms with Crippen molar-refractivity contribution >= 4 is 11.8 Å². The molecule has 6 nitrogen and oxygen atoms in total. The first-order valence-corrected chi connectivity index (χ1v) is 13.1. The molecule has 0 aromatic heterocycles. The highest BCUT2D eigenvalue weighted by Crippen LogP contribution is 2.70. The van der Waals surface area contributed by atoms with Crippen molar-refractivity contribution in [3.63, 3.8) is 0 Å². The zero-order chi connectivity index (χ0) is 25.3. The Morgan fingerprint density at radius 1 is 1.17 bits per heavy atom. The quantitative estimate of drug-likeness (QED) is 0.507. The molecule has 5 rings (SSSR count). The van der Waals surface area contributed by atoms with Crippen molar-refractivity contribution in [3.05, 3.63) is 23.8 Å². The third kappa shape index (κ3) is 3.50. The molecule has 0 bridgehead atoms. The van der Waals surface area contributed by atoms with Gasteiger partial charge < -0.3 is 15.4 Å². The molecule has 0 aliphatic heterocycles. The van der Waals surface area contributed by atoms with Gasteiger partial charge in [0.25, 0.3) is 0 Å². The highest BCUT2D eigenvalue weighted by atomic mass is 19.1. The van der Waals surface area contributed by atoms with Crippen LogP contribution in [0.2, 0.25) is 0 Å². The maximum Gasteiger partial charge on any atom is 0.307 e. The number of rotatable bonds is 4. The van der Waals surface area contributed by atoms with Crippen molar-refractivity contribution in [2.75, 3.05) is 6.54 Å². The van der Waals surface area contributed by atoms with Crippen molar-refractivity contribution in [1.82, 2.24) is 5.06 Å². The van der Waals surface area contributed by atoms with Crippen molar-refractivity contribution in [2.24, 2.45) is 34.5 Å². The van der Waals surface area contributed by atoms with Gasteiger partial charge in [0.1, 0.15) is 6.17 Å². The Hall–Kier alpha value is -1.64. The second-order valence-electron chi connectivity index (χ2n) is 12.2. The molecule has 0 radical (unpaired) electrons. The summed E-state index contributed by atoms with van der Waals surface area (Å²) in [6, 6.07) is -0.0130. The van der Waals surface area contributed by atoms with Crippen LogP contribution in [0.1, 0.15) is 65.2 Å². The van der Waals surface area contributed by atoms with E-state index >= 15 is 8.78 Å². The maximum atomic E-state index is 17.2. The summed E-state index contributed by atoms with van der Waals surface area (Å²) in [5.41, 5.74) is -4.57. The Labute approximate surface area is 205 Å². The number of ketones is 1. The summed E-state index contributed by atoms with van der Waals surface area (Å²) in [6.07, 6.45) is 5.75. The first kappa shape index (κ1) is 25.0. The van der Waals surface area contributed by atoms with Gasteiger partial charge in [-0.25, -0.2) is 8.78 Å². The number of carbonyl (C=O) groups excluding carboxylic acids is 1. The van der Waals surface area contributed by atoms with Crippen LogP contribution < -0.4 is 0 Å². The summed E-state index contributed by atoms with van der Waals surface area (Å²) in [7, 11) is 0. The number of carboxylic acid groups (broad SMARTS) is 1. The predicted octanol–water partition coefficient (Wildman–Crippen LogP) is 4.26. The van der Waals surface area contributed by atoms with E-state index < -0.39 is 64.2 Å². The molecule has 4 saturated carbocycles. The highest BCUT2D eigenvalue weighted by Gasteiger charge is 2.73. The molecule has 0 aromatic carbocycles. The Kier molecular flexibility index (Phi) is 6.04. The fourth-order valence-electron chi connectivity index (χ4n) is 8.82. The minimum atomic E-state index is -2.22. The monoisotopic (exact) mass is 493 g/mol. The van der Waals surface area contributed by atoms with Crippen LogP contribution in [0.5, 0.6) is 0 Å². The van der Waals surface area contributed by atoms with Crippen LogP contribution in [0.4, 0.5) is 8.78 Å². The molecule has 0 spiro atoms. The number of halogens is 2. The molecular weight excluding hydrogens is 456 g/mol. The number of allylic oxidation sites excluding steroid dienone is 4. The molecule has 0 heterocycles. The number of aliphatic hydroxyl groups is 1. The molecule has 5 aliphatic carbocycles. The van der Waals surface area contributed by atoms with Gasteiger partial charge in [0.15, 0.2) is 11.5 Å². The van der Waals surface area contributed by atoms with E-state index in [0.29, 0.717) is 6.42 Å². The zero-order valence-electron chi connectivity index (χ0n) is 20.5. The van der Waals surface area contributed by atoms with E-state index in [9.17, 15) is 25.0 Å². The van der Waals surface area contributed by atoms with Gasteiger partial charge in [-0.2, -0.15) is 5.06 Å². The maximum absolute atomic E-state index is 17.2. The third-order valence-corrected chi connectivity index (χ3v) is 10.5. The Morgan fingerprint density at radius 3 is 2.51 bits per heavy atom. The number of carboxylic acids is 1. The molecule has 194 valence electrons. The summed E-state index contributed by atoms with van der Waals surface area (Å²) in [5, 5.41) is 33.7. The van der Waals surface area contributed by atoms with Gasteiger partial charge in [-0.3, -0.25) is 9.59 Å². The number of alkyl halides is 2. The van der Waals surface area contributed by atoms with Crippen molar-refractivity contribution in [1.29, 1.82) is 0 Å². The smallest absolute Gasteiger partial charge is 0.307 e. The lowest BCUT2D eigenvalue weighted by Gasteiger charge is -2.62. The van der Waals surface area contributed by atoms with Crippen LogP contribution in [0.25, 0.3) is 0 Å². The fourth-order valence-corrected chi connectivity index (χ4v) is 8.82. The van der Waals surface area contributed by atoms with Gasteiger partial charge >= 0.3 is 5.97 Å². The van der Waals surface area contributed by atoms with Crippen LogP contribution in [0.15, 0.2) is 23.8 Å². The van der Waals surface area contributed by atoms with Gasteiger partial charge in [0.05, 0.1) is 12.0 Å². The first-order chi connectivity index (χ1) is 16.4. The Bertz CT molecular complexity index is 963. The number of hydroxylamine groups is 2. The summed E-state index contributed by atoms with van der Waals surface area (Å²) < 4.78 is 32.7. The highest BCUT2D eigenvalue weighted by molar-refractivity contribution is 6.01. The molecule has 1 unspecified atom stereocenters. The minimum absolute atomic E-state index is 0.0130. The number of hydrogen-bond donors (Lipinski definition) is 3. The lowest BCUT2D eigenvalue weighted by Crippen LogP contribution is -2.68. The second kappa shape index (κ2) is 8.45. The van der Waals surface area contributed by atoms with Gasteiger partial charge in [0, 0.05) is 23.9 Å². The Balaban J connectivity index is 1.50. The first-order valence-electron chi connectivity index (χ1n) is 13.1. The summed E-state index contributed by atoms with van der Waals surface area (Å²) in [4.78, 5) is 24.5. The van der Waals surface area contributed by atoms with E-state index in [1.165, 1.54) is 17.2 Å². The number of carbonyl (C=O) groups is 2. The average Bonchev–Trinajstić information content (AvgIpc) is 3.09. The van der Waals surface area contributed by atoms with Gasteiger partial charge in [-0.05, 0) is 74.0 Å². The lowest BCUT2D eigenvalue weighted by atomic mass is 9.45. The molecule has 0 amide bonds. The summed E-state index contributed by atoms with van der Waals surface area (Å²) in [6.45, 7) is 3.51. The van der Waals surface area contributed by atoms with Crippen LogP contribution in [0.3, 0.4) is 0 Å². The normalized spacial score (nSPS) is 47.7. The molecule has 4 fully saturated rings. The van der Waals surface area contributed by atoms with E-state index in [1.54, 1.807) is 13.8 Å². The topological polar surface area (TPSA) is 98.1 Å². The minimum Gasteiger partial charge on any atom is -0.481 e. The molecule has 5 aliphatic rings. The van der Waals surface area contributed by atoms with Gasteiger partial charge in [-0.15, -0.1) is 0 Å². The third-order valence-electron chi connectivity index (χ3n) is 10.5.